The van der Waals surface area contributed by atoms with Crippen molar-refractivity contribution in [1.29, 1.82) is 0 Å². The van der Waals surface area contributed by atoms with Crippen LogP contribution in [0.25, 0.3) is 10.8 Å². The Morgan fingerprint density at radius 3 is 2.77 bits per heavy atom. The van der Waals surface area contributed by atoms with Crippen LogP contribution < -0.4 is 9.47 Å². The van der Waals surface area contributed by atoms with Crippen LogP contribution in [0, 0.1) is 0 Å². The number of fused-ring (bicyclic) bond motifs is 1. The summed E-state index contributed by atoms with van der Waals surface area (Å²) in [6.45, 7) is 0. The second-order valence-corrected chi connectivity index (χ2v) is 4.74. The van der Waals surface area contributed by atoms with Crippen LogP contribution in [0.2, 0.25) is 0 Å². The lowest BCUT2D eigenvalue weighted by molar-refractivity contribution is 0.394. The van der Waals surface area contributed by atoms with E-state index in [9.17, 15) is 0 Å². The second-order valence-electron chi connectivity index (χ2n) is 4.74. The Labute approximate surface area is 129 Å². The fraction of sp³-hybridized carbons (Fsp3) is 0.111. The molecular formula is C18H16N2O2. The maximum atomic E-state index is 5.38. The molecule has 0 unspecified atom stereocenters. The van der Waals surface area contributed by atoms with Gasteiger partial charge >= 0.3 is 0 Å². The lowest BCUT2D eigenvalue weighted by atomic mass is 10.1. The molecule has 22 heavy (non-hydrogen) atoms. The van der Waals surface area contributed by atoms with Crippen LogP contribution in [0.1, 0.15) is 5.56 Å². The molecule has 0 aliphatic heterocycles. The molecule has 110 valence electrons. The average Bonchev–Trinajstić information content (AvgIpc) is 2.59. The number of aliphatic imine (C=N–C) groups is 1. The zero-order valence-corrected chi connectivity index (χ0v) is 12.5. The van der Waals surface area contributed by atoms with Crippen molar-refractivity contribution in [3.8, 4) is 11.5 Å². The first-order valence-electron chi connectivity index (χ1n) is 6.90. The molecule has 0 atom stereocenters. The Morgan fingerprint density at radius 2 is 1.95 bits per heavy atom. The van der Waals surface area contributed by atoms with E-state index in [4.69, 9.17) is 9.47 Å². The number of hydrogen-bond donors (Lipinski definition) is 0. The highest BCUT2D eigenvalue weighted by Crippen LogP contribution is 2.27. The predicted molar refractivity (Wildman–Crippen MR) is 88.5 cm³/mol. The van der Waals surface area contributed by atoms with Gasteiger partial charge in [-0.3, -0.25) is 9.98 Å². The lowest BCUT2D eigenvalue weighted by Gasteiger charge is -2.07. The van der Waals surface area contributed by atoms with Gasteiger partial charge in [0, 0.05) is 41.0 Å². The maximum Gasteiger partial charge on any atom is 0.131 e. The minimum absolute atomic E-state index is 0.727. The fourth-order valence-electron chi connectivity index (χ4n) is 2.28. The highest BCUT2D eigenvalue weighted by atomic mass is 16.5. The van der Waals surface area contributed by atoms with E-state index < -0.39 is 0 Å². The van der Waals surface area contributed by atoms with Gasteiger partial charge in [0.05, 0.1) is 19.9 Å². The quantitative estimate of drug-likeness (QED) is 0.683. The summed E-state index contributed by atoms with van der Waals surface area (Å²) in [5.74, 6) is 1.48. The van der Waals surface area contributed by atoms with Gasteiger partial charge in [-0.15, -0.1) is 0 Å². The molecule has 0 radical (unpaired) electrons. The van der Waals surface area contributed by atoms with Crippen LogP contribution in [-0.2, 0) is 0 Å². The third-order valence-corrected chi connectivity index (χ3v) is 3.44. The van der Waals surface area contributed by atoms with Gasteiger partial charge in [0.25, 0.3) is 0 Å². The van der Waals surface area contributed by atoms with Gasteiger partial charge in [-0.25, -0.2) is 0 Å². The molecule has 1 heterocycles. The van der Waals surface area contributed by atoms with Crippen molar-refractivity contribution in [3.05, 3.63) is 60.4 Å². The molecule has 0 fully saturated rings. The molecule has 0 saturated carbocycles. The molecule has 0 saturated heterocycles. The smallest absolute Gasteiger partial charge is 0.131 e. The van der Waals surface area contributed by atoms with Crippen molar-refractivity contribution in [2.45, 2.75) is 0 Å². The van der Waals surface area contributed by atoms with Gasteiger partial charge in [-0.2, -0.15) is 0 Å². The van der Waals surface area contributed by atoms with Crippen molar-refractivity contribution in [1.82, 2.24) is 4.98 Å². The summed E-state index contributed by atoms with van der Waals surface area (Å²) in [6, 6.07) is 13.6. The molecule has 0 aliphatic rings. The molecule has 0 amide bonds. The minimum Gasteiger partial charge on any atom is -0.497 e. The summed E-state index contributed by atoms with van der Waals surface area (Å²) in [4.78, 5) is 8.73. The first-order valence-corrected chi connectivity index (χ1v) is 6.90. The highest BCUT2D eigenvalue weighted by Gasteiger charge is 2.03. The van der Waals surface area contributed by atoms with E-state index in [1.54, 1.807) is 26.6 Å². The third kappa shape index (κ3) is 2.76. The Morgan fingerprint density at radius 1 is 1.05 bits per heavy atom. The molecular weight excluding hydrogens is 276 g/mol. The molecule has 1 aromatic heterocycles. The number of hydrogen-bond acceptors (Lipinski definition) is 4. The molecule has 0 N–H and O–H groups in total. The van der Waals surface area contributed by atoms with Crippen LogP contribution in [0.3, 0.4) is 0 Å². The fourth-order valence-corrected chi connectivity index (χ4v) is 2.28. The molecule has 0 spiro atoms. The van der Waals surface area contributed by atoms with Crippen molar-refractivity contribution in [2.75, 3.05) is 14.2 Å². The van der Waals surface area contributed by atoms with Crippen molar-refractivity contribution >= 4 is 22.7 Å². The first-order chi connectivity index (χ1) is 10.8. The van der Waals surface area contributed by atoms with E-state index in [-0.39, 0.29) is 0 Å². The zero-order valence-electron chi connectivity index (χ0n) is 12.5. The Hall–Kier alpha value is -2.88. The summed E-state index contributed by atoms with van der Waals surface area (Å²) in [5.41, 5.74) is 1.80. The van der Waals surface area contributed by atoms with E-state index in [0.29, 0.717) is 0 Å². The molecule has 4 nitrogen and oxygen atoms in total. The SMILES string of the molecule is COc1ccc(C=Nc2cccc3cnccc23)c(OC)c1. The van der Waals surface area contributed by atoms with E-state index in [1.807, 2.05) is 48.7 Å². The third-order valence-electron chi connectivity index (χ3n) is 3.44. The monoisotopic (exact) mass is 292 g/mol. The zero-order chi connectivity index (χ0) is 15.4. The van der Waals surface area contributed by atoms with E-state index in [2.05, 4.69) is 9.98 Å². The van der Waals surface area contributed by atoms with Crippen LogP contribution >= 0.6 is 0 Å². The number of methoxy groups -OCH3 is 2. The topological polar surface area (TPSA) is 43.7 Å². The van der Waals surface area contributed by atoms with Gasteiger partial charge in [0.2, 0.25) is 0 Å². The lowest BCUT2D eigenvalue weighted by Crippen LogP contribution is -1.92. The molecule has 3 rings (SSSR count). The van der Waals surface area contributed by atoms with Crippen molar-refractivity contribution < 1.29 is 9.47 Å². The number of benzene rings is 2. The van der Waals surface area contributed by atoms with Gasteiger partial charge in [0.1, 0.15) is 11.5 Å². The highest BCUT2D eigenvalue weighted by molar-refractivity contribution is 5.95. The molecule has 2 aromatic carbocycles. The summed E-state index contributed by atoms with van der Waals surface area (Å²) >= 11 is 0. The summed E-state index contributed by atoms with van der Waals surface area (Å²) in [6.07, 6.45) is 5.41. The van der Waals surface area contributed by atoms with Gasteiger partial charge in [-0.1, -0.05) is 12.1 Å². The van der Waals surface area contributed by atoms with E-state index in [1.165, 1.54) is 0 Å². The molecule has 0 bridgehead atoms. The van der Waals surface area contributed by atoms with Gasteiger partial charge in [0.15, 0.2) is 0 Å². The number of rotatable bonds is 4. The molecule has 3 aromatic rings. The van der Waals surface area contributed by atoms with Crippen LogP contribution in [-0.4, -0.2) is 25.4 Å². The number of aromatic nitrogens is 1. The van der Waals surface area contributed by atoms with Crippen LogP contribution in [0.4, 0.5) is 5.69 Å². The molecule has 0 aliphatic carbocycles. The number of pyridine rings is 1. The Balaban J connectivity index is 2.00. The van der Waals surface area contributed by atoms with Crippen LogP contribution in [0.5, 0.6) is 11.5 Å². The normalized spacial score (nSPS) is 11.0. The van der Waals surface area contributed by atoms with Crippen molar-refractivity contribution in [3.63, 3.8) is 0 Å². The molecule has 4 heteroatoms. The average molecular weight is 292 g/mol. The van der Waals surface area contributed by atoms with Gasteiger partial charge in [-0.05, 0) is 24.3 Å². The standard InChI is InChI=1S/C18H16N2O2/c1-21-15-7-6-14(18(10-15)22-2)12-20-17-5-3-4-13-11-19-9-8-16(13)17/h3-12H,1-2H3. The predicted octanol–water partition coefficient (Wildman–Crippen LogP) is 4.00. The first kappa shape index (κ1) is 14.1. The summed E-state index contributed by atoms with van der Waals surface area (Å²) in [7, 11) is 3.27. The summed E-state index contributed by atoms with van der Waals surface area (Å²) < 4.78 is 10.6. The minimum atomic E-state index is 0.727. The van der Waals surface area contributed by atoms with Crippen LogP contribution in [0.15, 0.2) is 59.9 Å². The Kier molecular flexibility index (Phi) is 4.01. The van der Waals surface area contributed by atoms with E-state index in [0.717, 1.165) is 33.5 Å². The van der Waals surface area contributed by atoms with Gasteiger partial charge < -0.3 is 9.47 Å². The largest absolute Gasteiger partial charge is 0.497 e. The number of ether oxygens (including phenoxy) is 2. The van der Waals surface area contributed by atoms with E-state index >= 15 is 0 Å². The Bertz CT molecular complexity index is 823. The van der Waals surface area contributed by atoms with Crippen molar-refractivity contribution in [2.24, 2.45) is 4.99 Å². The summed E-state index contributed by atoms with van der Waals surface area (Å²) in [5, 5.41) is 2.14. The second kappa shape index (κ2) is 6.26. The number of nitrogens with zero attached hydrogens (tertiary/aromatic N) is 2. The maximum absolute atomic E-state index is 5.38.